The van der Waals surface area contributed by atoms with Crippen molar-refractivity contribution >= 4 is 65.2 Å². The van der Waals surface area contributed by atoms with Gasteiger partial charge < -0.3 is 77.4 Å². The maximum atomic E-state index is 14.3. The Labute approximate surface area is 435 Å². The van der Waals surface area contributed by atoms with Crippen molar-refractivity contribution < 1.29 is 102 Å². The Morgan fingerprint density at radius 2 is 1.64 bits per heavy atom. The zero-order chi connectivity index (χ0) is 51.5. The minimum absolute atomic E-state index is 0. The molecule has 1 saturated heterocycles. The SMILES string of the molecule is CCC(=O)NC1C[C@@]23c4cccc(c4NC2Oc2c4cc(cc23)C(O)C(C(=O)NC([C-]=O)CO)NC(=O)C(NC(=O)C2CCC(=O)N2)CC(C)C4)OC(C)(CC)C(C(=O)O)NC(=O)CNC(=O)CNC1=O.[Na+]. The van der Waals surface area contributed by atoms with Crippen molar-refractivity contribution in [2.75, 3.05) is 25.0 Å². The second-order valence-corrected chi connectivity index (χ2v) is 18.7. The first-order valence-electron chi connectivity index (χ1n) is 23.4. The fourth-order valence-corrected chi connectivity index (χ4v) is 9.82. The number of carboxylic acids is 1. The van der Waals surface area contributed by atoms with Crippen LogP contribution in [0.1, 0.15) is 94.6 Å². The van der Waals surface area contributed by atoms with Gasteiger partial charge in [-0.1, -0.05) is 32.9 Å². The minimum Gasteiger partial charge on any atom is -0.540 e. The summed E-state index contributed by atoms with van der Waals surface area (Å²) in [5.41, 5.74) is -1.71. The van der Waals surface area contributed by atoms with E-state index in [4.69, 9.17) is 9.47 Å². The van der Waals surface area contributed by atoms with Crippen LogP contribution in [0.2, 0.25) is 0 Å². The van der Waals surface area contributed by atoms with Crippen molar-refractivity contribution in [1.82, 2.24) is 42.5 Å². The van der Waals surface area contributed by atoms with Crippen LogP contribution in [-0.4, -0.2) is 143 Å². The third-order valence-corrected chi connectivity index (χ3v) is 13.7. The number of benzene rings is 2. The molecule has 11 atom stereocenters. The number of hydrogen-bond acceptors (Lipinski definition) is 15. The molecule has 1 fully saturated rings. The van der Waals surface area contributed by atoms with Gasteiger partial charge >= 0.3 is 35.5 Å². The van der Waals surface area contributed by atoms with Crippen molar-refractivity contribution in [3.8, 4) is 11.5 Å². The van der Waals surface area contributed by atoms with Gasteiger partial charge in [-0.15, -0.1) is 0 Å². The van der Waals surface area contributed by atoms with Gasteiger partial charge in [0.1, 0.15) is 47.4 Å². The zero-order valence-electron chi connectivity index (χ0n) is 40.4. The number of rotatable bonds is 10. The van der Waals surface area contributed by atoms with Gasteiger partial charge in [-0.25, -0.2) is 11.1 Å². The molecular formula is C47H58N9NaO15. The quantitative estimate of drug-likeness (QED) is 0.0779. The van der Waals surface area contributed by atoms with E-state index in [1.165, 1.54) is 19.3 Å². The topological polar surface area (TPSA) is 358 Å². The fraction of sp³-hybridized carbons (Fsp3) is 0.532. The van der Waals surface area contributed by atoms with Crippen LogP contribution in [0.5, 0.6) is 11.5 Å². The van der Waals surface area contributed by atoms with Gasteiger partial charge in [0.15, 0.2) is 12.3 Å². The van der Waals surface area contributed by atoms with Crippen molar-refractivity contribution in [1.29, 1.82) is 0 Å². The summed E-state index contributed by atoms with van der Waals surface area (Å²) >= 11 is 0. The summed E-state index contributed by atoms with van der Waals surface area (Å²) in [5.74, 6) is -7.60. The smallest absolute Gasteiger partial charge is 0.540 e. The van der Waals surface area contributed by atoms with Crippen LogP contribution in [0.3, 0.4) is 0 Å². The Kier molecular flexibility index (Phi) is 17.3. The molecule has 7 rings (SSSR count). The number of para-hydroxylation sites is 1. The Morgan fingerprint density at radius 3 is 2.29 bits per heavy atom. The minimum atomic E-state index is -1.94. The Balaban J connectivity index is 0.00000847. The van der Waals surface area contributed by atoms with E-state index >= 15 is 0 Å². The summed E-state index contributed by atoms with van der Waals surface area (Å²) in [7, 11) is 0. The predicted molar refractivity (Wildman–Crippen MR) is 246 cm³/mol. The molecule has 382 valence electrons. The first-order valence-corrected chi connectivity index (χ1v) is 23.4. The van der Waals surface area contributed by atoms with Crippen LogP contribution in [0, 0.1) is 5.92 Å². The average Bonchev–Trinajstić information content (AvgIpc) is 4.01. The number of aliphatic hydroxyl groups is 2. The van der Waals surface area contributed by atoms with Crippen LogP contribution in [-0.2, 0) is 59.8 Å². The second kappa shape index (κ2) is 22.6. The van der Waals surface area contributed by atoms with Crippen molar-refractivity contribution in [3.05, 3.63) is 52.6 Å². The molecular weight excluding hydrogens is 954 g/mol. The van der Waals surface area contributed by atoms with Gasteiger partial charge in [-0.05, 0) is 85.9 Å². The fourth-order valence-electron chi connectivity index (χ4n) is 9.82. The van der Waals surface area contributed by atoms with E-state index in [0.29, 0.717) is 16.7 Å². The van der Waals surface area contributed by atoms with Crippen LogP contribution in [0.25, 0.3) is 0 Å². The number of carboxylic acid groups (broad SMARTS) is 1. The first kappa shape index (κ1) is 55.0. The van der Waals surface area contributed by atoms with Gasteiger partial charge in [0, 0.05) is 25.0 Å². The van der Waals surface area contributed by atoms with E-state index in [9.17, 15) is 63.3 Å². The Morgan fingerprint density at radius 1 is 0.903 bits per heavy atom. The summed E-state index contributed by atoms with van der Waals surface area (Å²) in [6.45, 7) is 4.33. The molecule has 10 unspecified atom stereocenters. The van der Waals surface area contributed by atoms with E-state index < -0.39 is 133 Å². The predicted octanol–water partition coefficient (Wildman–Crippen LogP) is -5.78. The van der Waals surface area contributed by atoms with E-state index in [-0.39, 0.29) is 103 Å². The summed E-state index contributed by atoms with van der Waals surface area (Å²) < 4.78 is 13.5. The van der Waals surface area contributed by atoms with E-state index in [0.717, 1.165) is 0 Å². The number of carbonyl (C=O) groups excluding carboxylic acids is 9. The normalized spacial score (nSPS) is 29.5. The van der Waals surface area contributed by atoms with Crippen molar-refractivity contribution in [2.24, 2.45) is 5.92 Å². The molecule has 0 radical (unpaired) electrons. The number of aliphatic carboxylic acids is 1. The van der Waals surface area contributed by atoms with Crippen LogP contribution in [0.4, 0.5) is 5.69 Å². The van der Waals surface area contributed by atoms with Crippen molar-refractivity contribution in [3.63, 3.8) is 0 Å². The molecule has 8 amide bonds. The molecule has 1 spiro atoms. The first-order chi connectivity index (χ1) is 33.7. The van der Waals surface area contributed by atoms with Gasteiger partial charge in [-0.2, -0.15) is 0 Å². The molecule has 2 aromatic carbocycles. The number of hydrogen-bond donors (Lipinski definition) is 12. The second-order valence-electron chi connectivity index (χ2n) is 18.7. The number of fused-ring (bicyclic) bond motifs is 4. The number of ether oxygens (including phenoxy) is 2. The monoisotopic (exact) mass is 1010 g/mol. The van der Waals surface area contributed by atoms with Crippen molar-refractivity contribution in [2.45, 2.75) is 132 Å². The molecule has 0 aromatic heterocycles. The molecule has 12 N–H and O–H groups in total. The van der Waals surface area contributed by atoms with Crippen LogP contribution in [0.15, 0.2) is 30.3 Å². The molecule has 0 saturated carbocycles. The van der Waals surface area contributed by atoms with E-state index in [1.54, 1.807) is 45.0 Å². The van der Waals surface area contributed by atoms with E-state index in [2.05, 4.69) is 47.9 Å². The van der Waals surface area contributed by atoms with E-state index in [1.807, 2.05) is 0 Å². The van der Waals surface area contributed by atoms with Gasteiger partial charge in [0.05, 0.1) is 24.2 Å². The molecule has 6 bridgehead atoms. The molecule has 2 aromatic rings. The molecule has 5 heterocycles. The average molecular weight is 1010 g/mol. The third kappa shape index (κ3) is 11.2. The molecule has 5 aliphatic rings. The Hall–Kier alpha value is -6.34. The molecule has 24 nitrogen and oxygen atoms in total. The summed E-state index contributed by atoms with van der Waals surface area (Å²) in [5, 5.41) is 56.1. The number of amides is 8. The maximum absolute atomic E-state index is 14.3. The van der Waals surface area contributed by atoms with Gasteiger partial charge in [-0.3, -0.25) is 38.4 Å². The zero-order valence-corrected chi connectivity index (χ0v) is 42.4. The number of aliphatic hydroxyl groups excluding tert-OH is 2. The molecule has 0 aliphatic carbocycles. The maximum Gasteiger partial charge on any atom is 1.00 e. The summed E-state index contributed by atoms with van der Waals surface area (Å²) in [6, 6.07) is -0.843. The number of anilines is 1. The number of carbonyl (C=O) groups is 9. The summed E-state index contributed by atoms with van der Waals surface area (Å²) in [4.78, 5) is 132. The Bertz CT molecular complexity index is 2530. The summed E-state index contributed by atoms with van der Waals surface area (Å²) in [6.07, 6.45) is -1.59. The van der Waals surface area contributed by atoms with Gasteiger partial charge in [0.2, 0.25) is 47.3 Å². The van der Waals surface area contributed by atoms with Gasteiger partial charge in [0.25, 0.3) is 0 Å². The molecule has 72 heavy (non-hydrogen) atoms. The van der Waals surface area contributed by atoms with Crippen LogP contribution < -0.4 is 86.9 Å². The number of nitrogens with one attached hydrogen (secondary N) is 9. The molecule has 25 heteroatoms. The molecule has 5 aliphatic heterocycles. The standard InChI is InChI=1S/C47H58N9O15.Na/c1-5-31(59)52-29-16-47-25-8-7-9-30(71-46(4,6-2)39(44(68)69)54-34(62)18-48-33(61)17-49-40(29)64)35(25)56-45(47)70-38-23-12-21(3)13-28(53-41(65)27-10-11-32(60)51-27)42(66)55-36(43(67)50-24(19-57)20-58)37(63)22(14-23)15-26(38)47;/h7-9,14-15,21,24,27-29,36-37,39,45,56-57,63H,5-6,10-13,16-19H2,1-4H3,(H,48,61)(H,49,64)(H,50,67)(H,51,60)(H,52,59)(H,53,65)(H,54,62)(H,55,66)(H,68,69);/q-1;+1/t21?,24?,27?,28?,29?,36?,37?,39?,45?,46?,47-;/m0./s1. The largest absolute Gasteiger partial charge is 1.00 e. The van der Waals surface area contributed by atoms with Crippen LogP contribution >= 0.6 is 0 Å². The third-order valence-electron chi connectivity index (χ3n) is 13.7.